The Bertz CT molecular complexity index is 1900. The number of nitrogens with zero attached hydrogens (tertiary/aromatic N) is 5. The molecule has 3 aliphatic rings. The molecule has 3 aliphatic heterocycles. The number of carboxylic acid groups (broad SMARTS) is 1. The fourth-order valence-electron chi connectivity index (χ4n) is 8.34. The first-order valence-corrected chi connectivity index (χ1v) is 19.6. The van der Waals surface area contributed by atoms with Crippen LogP contribution in [0.4, 0.5) is 5.95 Å². The highest BCUT2D eigenvalue weighted by Gasteiger charge is 2.34. The molecule has 1 saturated heterocycles. The Morgan fingerprint density at radius 3 is 2.65 bits per heavy atom. The number of piperazine rings is 1. The van der Waals surface area contributed by atoms with Gasteiger partial charge in [0, 0.05) is 49.0 Å². The summed E-state index contributed by atoms with van der Waals surface area (Å²) in [4.78, 5) is 33.2. The largest absolute Gasteiger partial charge is 0.493 e. The minimum atomic E-state index is -1.16. The maximum Gasteiger partial charge on any atom is 0.337 e. The molecule has 4 aromatic rings. The van der Waals surface area contributed by atoms with Gasteiger partial charge in [-0.1, -0.05) is 32.3 Å². The summed E-state index contributed by atoms with van der Waals surface area (Å²) in [5.74, 6) is 1.66. The molecule has 272 valence electrons. The Hall–Kier alpha value is -3.60. The van der Waals surface area contributed by atoms with Crippen molar-refractivity contribution in [3.63, 3.8) is 0 Å². The Morgan fingerprint density at radius 2 is 1.88 bits per heavy atom. The first-order chi connectivity index (χ1) is 24.4. The van der Waals surface area contributed by atoms with E-state index in [1.165, 1.54) is 18.4 Å². The van der Waals surface area contributed by atoms with Gasteiger partial charge in [-0.25, -0.2) is 19.7 Å². The summed E-state index contributed by atoms with van der Waals surface area (Å²) in [7, 11) is 0. The van der Waals surface area contributed by atoms with Crippen LogP contribution in [0.2, 0.25) is 0 Å². The van der Waals surface area contributed by atoms with Gasteiger partial charge in [0.25, 0.3) is 0 Å². The van der Waals surface area contributed by atoms with Gasteiger partial charge in [0.05, 0.1) is 22.4 Å². The maximum atomic E-state index is 13.0. The lowest BCUT2D eigenvalue weighted by molar-refractivity contribution is -0.160. The number of carbonyl (C=O) groups is 1. The molecule has 2 aromatic carbocycles. The van der Waals surface area contributed by atoms with Crippen LogP contribution < -0.4 is 9.64 Å². The SMILES string of the molecule is Cc1cc2nc3sc2c(c1[C@H](OC(C)(C)C)C(=O)O)-c1ccc2c(c1)C(CCCCC(C)CC1CN(C(C)C)CCN1c1nccc-3n1)CCO2. The molecule has 9 nitrogen and oxygen atoms in total. The zero-order valence-corrected chi connectivity index (χ0v) is 32.1. The number of benzene rings is 2. The van der Waals surface area contributed by atoms with Crippen molar-refractivity contribution in [2.45, 2.75) is 117 Å². The molecule has 10 heteroatoms. The standard InChI is InChI=1S/C41H53N5O4S/c1-24(2)45-17-18-46-29(23-45)20-25(3)10-8-9-11-27-15-19-49-33-13-12-28(22-30(27)33)35-34(36(39(47)48)50-41(5,6)7)26(4)21-32-37(35)51-38(43-32)31-14-16-42-40(46)44-31/h12-14,16,21-22,24-25,27,29,36H,8-11,15,17-20,23H2,1-7H3,(H,47,48)/t25?,27?,29?,36-/m0/s1. The topological polar surface area (TPSA) is 101 Å². The first-order valence-electron chi connectivity index (χ1n) is 18.8. The van der Waals surface area contributed by atoms with E-state index < -0.39 is 17.7 Å². The van der Waals surface area contributed by atoms with Gasteiger partial charge in [-0.2, -0.15) is 0 Å². The molecule has 0 amide bonds. The monoisotopic (exact) mass is 711 g/mol. The van der Waals surface area contributed by atoms with E-state index in [4.69, 9.17) is 24.4 Å². The lowest BCUT2D eigenvalue weighted by Crippen LogP contribution is -2.56. The predicted octanol–water partition coefficient (Wildman–Crippen LogP) is 9.03. The summed E-state index contributed by atoms with van der Waals surface area (Å²) in [6.45, 7) is 18.3. The van der Waals surface area contributed by atoms with E-state index in [2.05, 4.69) is 48.8 Å². The molecule has 6 bridgehead atoms. The fraction of sp³-hybridized carbons (Fsp3) is 0.561. The van der Waals surface area contributed by atoms with Crippen molar-refractivity contribution in [3.8, 4) is 27.6 Å². The molecule has 0 saturated carbocycles. The third-order valence-corrected chi connectivity index (χ3v) is 12.0. The number of aliphatic carboxylic acids is 1. The minimum absolute atomic E-state index is 0.330. The van der Waals surface area contributed by atoms with Gasteiger partial charge in [0.15, 0.2) is 6.10 Å². The van der Waals surface area contributed by atoms with Crippen molar-refractivity contribution in [3.05, 3.63) is 53.2 Å². The summed E-state index contributed by atoms with van der Waals surface area (Å²) in [5.41, 5.74) is 5.48. The second-order valence-electron chi connectivity index (χ2n) is 16.2. The molecule has 0 aliphatic carbocycles. The molecule has 51 heavy (non-hydrogen) atoms. The van der Waals surface area contributed by atoms with Crippen LogP contribution in [0.1, 0.15) is 109 Å². The van der Waals surface area contributed by atoms with Crippen molar-refractivity contribution in [1.82, 2.24) is 19.9 Å². The Kier molecular flexibility index (Phi) is 10.1. The number of aromatic nitrogens is 3. The second kappa shape index (κ2) is 14.4. The molecule has 2 aromatic heterocycles. The van der Waals surface area contributed by atoms with Crippen LogP contribution in [-0.2, 0) is 9.53 Å². The molecule has 5 heterocycles. The van der Waals surface area contributed by atoms with Gasteiger partial charge in [-0.05, 0) is 114 Å². The van der Waals surface area contributed by atoms with Crippen LogP contribution in [0.15, 0.2) is 36.5 Å². The third-order valence-electron chi connectivity index (χ3n) is 10.9. The third kappa shape index (κ3) is 7.50. The number of anilines is 1. The molecule has 1 N–H and O–H groups in total. The number of rotatable bonds is 4. The highest BCUT2D eigenvalue weighted by atomic mass is 32.1. The van der Waals surface area contributed by atoms with Crippen LogP contribution in [-0.4, -0.2) is 74.9 Å². The van der Waals surface area contributed by atoms with E-state index in [1.54, 1.807) is 11.3 Å². The van der Waals surface area contributed by atoms with E-state index in [-0.39, 0.29) is 0 Å². The molecule has 0 radical (unpaired) electrons. The van der Waals surface area contributed by atoms with Gasteiger partial charge in [-0.3, -0.25) is 4.90 Å². The number of fused-ring (bicyclic) bond motifs is 8. The number of aryl methyl sites for hydroxylation is 1. The number of thiazole rings is 1. The Labute approximate surface area is 306 Å². The van der Waals surface area contributed by atoms with Crippen LogP contribution >= 0.6 is 11.3 Å². The summed E-state index contributed by atoms with van der Waals surface area (Å²) in [5, 5.41) is 11.4. The van der Waals surface area contributed by atoms with E-state index in [1.807, 2.05) is 46.0 Å². The van der Waals surface area contributed by atoms with E-state index >= 15 is 0 Å². The Balaban J connectivity index is 1.42. The number of hydrogen-bond acceptors (Lipinski definition) is 9. The van der Waals surface area contributed by atoms with E-state index in [9.17, 15) is 9.90 Å². The molecule has 0 spiro atoms. The normalized spacial score (nSPS) is 22.2. The highest BCUT2D eigenvalue weighted by molar-refractivity contribution is 7.22. The van der Waals surface area contributed by atoms with Gasteiger partial charge in [0.1, 0.15) is 16.5 Å². The summed E-state index contributed by atoms with van der Waals surface area (Å²) >= 11 is 1.56. The molecular formula is C41H53N5O4S. The number of hydrogen-bond donors (Lipinski definition) is 1. The van der Waals surface area contributed by atoms with E-state index in [0.717, 1.165) is 101 Å². The predicted molar refractivity (Wildman–Crippen MR) is 205 cm³/mol. The molecule has 4 atom stereocenters. The summed E-state index contributed by atoms with van der Waals surface area (Å²) in [6, 6.07) is 11.2. The number of ether oxygens (including phenoxy) is 2. The lowest BCUT2D eigenvalue weighted by Gasteiger charge is -2.44. The van der Waals surface area contributed by atoms with Gasteiger partial charge < -0.3 is 19.5 Å². The first kappa shape index (κ1) is 35.8. The molecular weight excluding hydrogens is 659 g/mol. The van der Waals surface area contributed by atoms with Crippen molar-refractivity contribution in [1.29, 1.82) is 0 Å². The average Bonchev–Trinajstić information content (AvgIpc) is 3.51. The van der Waals surface area contributed by atoms with Crippen LogP contribution in [0.5, 0.6) is 5.75 Å². The van der Waals surface area contributed by atoms with E-state index in [0.29, 0.717) is 29.5 Å². The van der Waals surface area contributed by atoms with Crippen LogP contribution in [0, 0.1) is 12.8 Å². The van der Waals surface area contributed by atoms with Crippen LogP contribution in [0.25, 0.3) is 32.0 Å². The molecule has 1 fully saturated rings. The number of carboxylic acids is 1. The van der Waals surface area contributed by atoms with Crippen LogP contribution in [0.3, 0.4) is 0 Å². The average molecular weight is 712 g/mol. The van der Waals surface area contributed by atoms with Gasteiger partial charge in [0.2, 0.25) is 5.95 Å². The fourth-order valence-corrected chi connectivity index (χ4v) is 9.43. The molecule has 3 unspecified atom stereocenters. The van der Waals surface area contributed by atoms with Crippen molar-refractivity contribution < 1.29 is 19.4 Å². The zero-order valence-electron chi connectivity index (χ0n) is 31.2. The zero-order chi connectivity index (χ0) is 36.0. The Morgan fingerprint density at radius 1 is 1.08 bits per heavy atom. The smallest absolute Gasteiger partial charge is 0.337 e. The lowest BCUT2D eigenvalue weighted by atomic mass is 9.84. The van der Waals surface area contributed by atoms with Gasteiger partial charge >= 0.3 is 5.97 Å². The summed E-state index contributed by atoms with van der Waals surface area (Å²) in [6.07, 6.45) is 7.44. The highest BCUT2D eigenvalue weighted by Crippen LogP contribution is 2.47. The van der Waals surface area contributed by atoms with Crippen molar-refractivity contribution in [2.75, 3.05) is 31.1 Å². The molecule has 7 rings (SSSR count). The quantitative estimate of drug-likeness (QED) is 0.222. The summed E-state index contributed by atoms with van der Waals surface area (Å²) < 4.78 is 13.5. The second-order valence-corrected chi connectivity index (χ2v) is 17.2. The van der Waals surface area contributed by atoms with Gasteiger partial charge in [-0.15, -0.1) is 11.3 Å². The van der Waals surface area contributed by atoms with Crippen molar-refractivity contribution in [2.24, 2.45) is 5.92 Å². The van der Waals surface area contributed by atoms with Crippen molar-refractivity contribution >= 4 is 33.5 Å². The maximum absolute atomic E-state index is 13.0. The minimum Gasteiger partial charge on any atom is -0.493 e.